The summed E-state index contributed by atoms with van der Waals surface area (Å²) in [5.74, 6) is 1.78. The van der Waals surface area contributed by atoms with Crippen LogP contribution in [0.25, 0.3) is 0 Å². The third kappa shape index (κ3) is 2.71. The SMILES string of the molecule is NCC(c1ccc(Br)cc1Cl)N1CC2CCCC2C1. The summed E-state index contributed by atoms with van der Waals surface area (Å²) in [6.45, 7) is 3.03. The van der Waals surface area contributed by atoms with Crippen molar-refractivity contribution in [1.82, 2.24) is 4.90 Å². The molecule has 3 rings (SSSR count). The number of nitrogens with two attached hydrogens (primary N) is 1. The zero-order chi connectivity index (χ0) is 13.4. The predicted octanol–water partition coefficient (Wildman–Crippen LogP) is 3.83. The van der Waals surface area contributed by atoms with Crippen molar-refractivity contribution >= 4 is 27.5 Å². The molecule has 4 heteroatoms. The molecule has 3 atom stereocenters. The van der Waals surface area contributed by atoms with Crippen LogP contribution in [0.3, 0.4) is 0 Å². The van der Waals surface area contributed by atoms with Gasteiger partial charge < -0.3 is 5.73 Å². The van der Waals surface area contributed by atoms with Crippen LogP contribution in [-0.4, -0.2) is 24.5 Å². The number of benzene rings is 1. The van der Waals surface area contributed by atoms with Crippen LogP contribution in [0.15, 0.2) is 22.7 Å². The first-order valence-electron chi connectivity index (χ1n) is 7.08. The molecular weight excluding hydrogens is 324 g/mol. The third-order valence-corrected chi connectivity index (χ3v) is 5.56. The van der Waals surface area contributed by atoms with Crippen LogP contribution in [0, 0.1) is 11.8 Å². The number of likely N-dealkylation sites (tertiary alicyclic amines) is 1. The fraction of sp³-hybridized carbons (Fsp3) is 0.600. The van der Waals surface area contributed by atoms with E-state index in [1.807, 2.05) is 6.07 Å². The highest BCUT2D eigenvalue weighted by Crippen LogP contribution is 2.41. The number of hydrogen-bond donors (Lipinski definition) is 1. The second-order valence-corrected chi connectivity index (χ2v) is 7.15. The summed E-state index contributed by atoms with van der Waals surface area (Å²) in [5, 5.41) is 0.821. The van der Waals surface area contributed by atoms with E-state index in [0.29, 0.717) is 6.54 Å². The smallest absolute Gasteiger partial charge is 0.0485 e. The molecule has 2 fully saturated rings. The lowest BCUT2D eigenvalue weighted by Crippen LogP contribution is -2.32. The Bertz CT molecular complexity index is 453. The molecule has 1 saturated heterocycles. The minimum atomic E-state index is 0.270. The molecule has 104 valence electrons. The molecule has 1 saturated carbocycles. The highest BCUT2D eigenvalue weighted by molar-refractivity contribution is 9.10. The molecule has 2 N–H and O–H groups in total. The summed E-state index contributed by atoms with van der Waals surface area (Å²) in [4.78, 5) is 2.55. The molecule has 1 aromatic rings. The van der Waals surface area contributed by atoms with Gasteiger partial charge in [-0.3, -0.25) is 4.90 Å². The number of hydrogen-bond acceptors (Lipinski definition) is 2. The Morgan fingerprint density at radius 3 is 2.58 bits per heavy atom. The van der Waals surface area contributed by atoms with Gasteiger partial charge in [-0.1, -0.05) is 40.0 Å². The van der Waals surface area contributed by atoms with Crippen LogP contribution < -0.4 is 5.73 Å². The summed E-state index contributed by atoms with van der Waals surface area (Å²) in [5.41, 5.74) is 7.20. The van der Waals surface area contributed by atoms with E-state index in [0.717, 1.165) is 21.3 Å². The van der Waals surface area contributed by atoms with Gasteiger partial charge in [-0.2, -0.15) is 0 Å². The van der Waals surface area contributed by atoms with Crippen LogP contribution in [0.5, 0.6) is 0 Å². The fourth-order valence-corrected chi connectivity index (χ4v) is 4.57. The van der Waals surface area contributed by atoms with E-state index in [1.54, 1.807) is 0 Å². The number of nitrogens with zero attached hydrogens (tertiary/aromatic N) is 1. The zero-order valence-corrected chi connectivity index (χ0v) is 13.3. The Morgan fingerprint density at radius 2 is 2.00 bits per heavy atom. The molecule has 0 radical (unpaired) electrons. The van der Waals surface area contributed by atoms with Gasteiger partial charge in [-0.15, -0.1) is 0 Å². The van der Waals surface area contributed by atoms with Gasteiger partial charge in [0.05, 0.1) is 0 Å². The lowest BCUT2D eigenvalue weighted by Gasteiger charge is -2.28. The number of fused-ring (bicyclic) bond motifs is 1. The molecule has 1 aliphatic carbocycles. The minimum Gasteiger partial charge on any atom is -0.329 e. The lowest BCUT2D eigenvalue weighted by molar-refractivity contribution is 0.232. The van der Waals surface area contributed by atoms with Crippen molar-refractivity contribution in [2.24, 2.45) is 17.6 Å². The highest BCUT2D eigenvalue weighted by Gasteiger charge is 2.38. The fourth-order valence-electron chi connectivity index (χ4n) is 3.77. The maximum atomic E-state index is 6.39. The molecule has 0 spiro atoms. The van der Waals surface area contributed by atoms with Gasteiger partial charge in [-0.05, 0) is 42.4 Å². The van der Waals surface area contributed by atoms with Gasteiger partial charge >= 0.3 is 0 Å². The molecule has 0 aromatic heterocycles. The maximum absolute atomic E-state index is 6.39. The predicted molar refractivity (Wildman–Crippen MR) is 83.4 cm³/mol. The van der Waals surface area contributed by atoms with Gasteiger partial charge in [0.25, 0.3) is 0 Å². The number of rotatable bonds is 3. The second-order valence-electron chi connectivity index (χ2n) is 5.82. The molecular formula is C15H20BrClN2. The zero-order valence-electron chi connectivity index (χ0n) is 11.0. The molecule has 0 bridgehead atoms. The van der Waals surface area contributed by atoms with E-state index in [4.69, 9.17) is 17.3 Å². The Kier molecular flexibility index (Phi) is 4.18. The molecule has 1 heterocycles. The van der Waals surface area contributed by atoms with Gasteiger partial charge in [0.15, 0.2) is 0 Å². The van der Waals surface area contributed by atoms with Crippen LogP contribution in [0.2, 0.25) is 5.02 Å². The second kappa shape index (κ2) is 5.72. The molecule has 1 aromatic carbocycles. The standard InChI is InChI=1S/C15H20BrClN2/c16-12-4-5-13(14(17)6-12)15(7-18)19-8-10-2-1-3-11(10)9-19/h4-6,10-11,15H,1-3,7-9,18H2. The molecule has 19 heavy (non-hydrogen) atoms. The van der Waals surface area contributed by atoms with Crippen molar-refractivity contribution in [1.29, 1.82) is 0 Å². The molecule has 0 amide bonds. The maximum Gasteiger partial charge on any atom is 0.0485 e. The Hall–Kier alpha value is -0.0900. The monoisotopic (exact) mass is 342 g/mol. The van der Waals surface area contributed by atoms with Crippen molar-refractivity contribution in [3.8, 4) is 0 Å². The summed E-state index contributed by atoms with van der Waals surface area (Å²) in [7, 11) is 0. The molecule has 2 nitrogen and oxygen atoms in total. The molecule has 3 unspecified atom stereocenters. The van der Waals surface area contributed by atoms with Gasteiger partial charge in [0, 0.05) is 35.2 Å². The number of halogens is 2. The highest BCUT2D eigenvalue weighted by atomic mass is 79.9. The van der Waals surface area contributed by atoms with Crippen molar-refractivity contribution in [2.75, 3.05) is 19.6 Å². The summed E-state index contributed by atoms with van der Waals surface area (Å²) >= 11 is 9.85. The first kappa shape index (κ1) is 13.9. The summed E-state index contributed by atoms with van der Waals surface area (Å²) in [6, 6.07) is 6.40. The first-order chi connectivity index (χ1) is 9.19. The normalized spacial score (nSPS) is 28.6. The lowest BCUT2D eigenvalue weighted by atomic mass is 10.0. The van der Waals surface area contributed by atoms with Crippen LogP contribution >= 0.6 is 27.5 Å². The Labute approximate surface area is 128 Å². The van der Waals surface area contributed by atoms with Crippen LogP contribution in [0.4, 0.5) is 0 Å². The van der Waals surface area contributed by atoms with Crippen molar-refractivity contribution < 1.29 is 0 Å². The van der Waals surface area contributed by atoms with E-state index >= 15 is 0 Å². The quantitative estimate of drug-likeness (QED) is 0.903. The first-order valence-corrected chi connectivity index (χ1v) is 8.25. The molecule has 1 aliphatic heterocycles. The van der Waals surface area contributed by atoms with Crippen molar-refractivity contribution in [2.45, 2.75) is 25.3 Å². The Balaban J connectivity index is 1.81. The van der Waals surface area contributed by atoms with Gasteiger partial charge in [0.1, 0.15) is 0 Å². The van der Waals surface area contributed by atoms with E-state index in [1.165, 1.54) is 37.9 Å². The minimum absolute atomic E-state index is 0.270. The summed E-state index contributed by atoms with van der Waals surface area (Å²) in [6.07, 6.45) is 4.20. The Morgan fingerprint density at radius 1 is 1.32 bits per heavy atom. The largest absolute Gasteiger partial charge is 0.329 e. The molecule has 2 aliphatic rings. The van der Waals surface area contributed by atoms with Gasteiger partial charge in [0.2, 0.25) is 0 Å². The van der Waals surface area contributed by atoms with Crippen LogP contribution in [-0.2, 0) is 0 Å². The van der Waals surface area contributed by atoms with E-state index in [2.05, 4.69) is 33.0 Å². The van der Waals surface area contributed by atoms with E-state index in [-0.39, 0.29) is 6.04 Å². The third-order valence-electron chi connectivity index (χ3n) is 4.74. The van der Waals surface area contributed by atoms with Gasteiger partial charge in [-0.25, -0.2) is 0 Å². The topological polar surface area (TPSA) is 29.3 Å². The average Bonchev–Trinajstić information content (AvgIpc) is 2.93. The van der Waals surface area contributed by atoms with Crippen molar-refractivity contribution in [3.63, 3.8) is 0 Å². The average molecular weight is 344 g/mol. The van der Waals surface area contributed by atoms with E-state index in [9.17, 15) is 0 Å². The van der Waals surface area contributed by atoms with Crippen molar-refractivity contribution in [3.05, 3.63) is 33.3 Å². The summed E-state index contributed by atoms with van der Waals surface area (Å²) < 4.78 is 1.02. The van der Waals surface area contributed by atoms with E-state index < -0.39 is 0 Å². The van der Waals surface area contributed by atoms with Crippen LogP contribution in [0.1, 0.15) is 30.9 Å².